The Kier molecular flexibility index (Phi) is 8.04. The van der Waals surface area contributed by atoms with Crippen molar-refractivity contribution in [3.05, 3.63) is 65.7 Å². The first-order valence-corrected chi connectivity index (χ1v) is 12.4. The minimum absolute atomic E-state index is 0.0319. The van der Waals surface area contributed by atoms with Gasteiger partial charge in [0.25, 0.3) is 0 Å². The highest BCUT2D eigenvalue weighted by molar-refractivity contribution is 5.96. The number of carbonyl (C=O) groups is 3. The predicted octanol–water partition coefficient (Wildman–Crippen LogP) is 4.60. The molecule has 2 aromatic rings. The van der Waals surface area contributed by atoms with E-state index in [2.05, 4.69) is 10.6 Å². The fraction of sp³-hybridized carbons (Fsp3) is 0.444. The van der Waals surface area contributed by atoms with E-state index in [-0.39, 0.29) is 18.9 Å². The maximum atomic E-state index is 13.4. The lowest BCUT2D eigenvalue weighted by Crippen LogP contribution is -2.63. The van der Waals surface area contributed by atoms with Crippen molar-refractivity contribution in [3.63, 3.8) is 0 Å². The topological polar surface area (TPSA) is 87.7 Å². The van der Waals surface area contributed by atoms with Crippen LogP contribution in [-0.4, -0.2) is 42.5 Å². The van der Waals surface area contributed by atoms with Gasteiger partial charge in [-0.15, -0.1) is 0 Å². The van der Waals surface area contributed by atoms with E-state index >= 15 is 0 Å². The van der Waals surface area contributed by atoms with Crippen molar-refractivity contribution >= 4 is 23.5 Å². The number of amides is 2. The molecule has 10 heteroatoms. The third kappa shape index (κ3) is 6.61. The van der Waals surface area contributed by atoms with Crippen LogP contribution in [0.2, 0.25) is 0 Å². The first-order valence-electron chi connectivity index (χ1n) is 12.4. The van der Waals surface area contributed by atoms with Gasteiger partial charge in [-0.3, -0.25) is 9.59 Å². The number of halogens is 3. The van der Waals surface area contributed by atoms with Gasteiger partial charge >= 0.3 is 12.3 Å². The summed E-state index contributed by atoms with van der Waals surface area (Å²) in [6.45, 7) is 0.433. The largest absolute Gasteiger partial charge is 0.445 e. The summed E-state index contributed by atoms with van der Waals surface area (Å²) in [4.78, 5) is 40.5. The molecule has 2 aliphatic rings. The van der Waals surface area contributed by atoms with E-state index in [1.165, 1.54) is 12.1 Å². The average molecular weight is 518 g/mol. The molecule has 1 saturated carbocycles. The number of benzene rings is 2. The number of piperidine rings is 1. The van der Waals surface area contributed by atoms with E-state index in [1.807, 2.05) is 30.3 Å². The molecular formula is C27H30F3N3O4. The number of rotatable bonds is 6. The molecule has 7 nitrogen and oxygen atoms in total. The van der Waals surface area contributed by atoms with Crippen molar-refractivity contribution in [1.29, 1.82) is 0 Å². The van der Waals surface area contributed by atoms with Crippen LogP contribution in [0.1, 0.15) is 49.7 Å². The summed E-state index contributed by atoms with van der Waals surface area (Å²) < 4.78 is 43.9. The molecule has 37 heavy (non-hydrogen) atoms. The second-order valence-corrected chi connectivity index (χ2v) is 9.58. The van der Waals surface area contributed by atoms with Crippen molar-refractivity contribution in [2.24, 2.45) is 0 Å². The number of alkyl carbamates (subject to hydrolysis) is 1. The Labute approximate surface area is 213 Å². The highest BCUT2D eigenvalue weighted by Crippen LogP contribution is 2.32. The molecule has 0 aromatic heterocycles. The van der Waals surface area contributed by atoms with E-state index in [0.717, 1.165) is 37.0 Å². The van der Waals surface area contributed by atoms with Crippen LogP contribution >= 0.6 is 0 Å². The first kappa shape index (κ1) is 26.5. The molecule has 1 aliphatic carbocycles. The Morgan fingerprint density at radius 1 is 1.00 bits per heavy atom. The Morgan fingerprint density at radius 2 is 1.68 bits per heavy atom. The monoisotopic (exact) mass is 517 g/mol. The van der Waals surface area contributed by atoms with Crippen LogP contribution in [0, 0.1) is 0 Å². The molecule has 2 amide bonds. The minimum atomic E-state index is -4.43. The molecule has 2 N–H and O–H groups in total. The standard InChI is InChI=1S/C27H30F3N3O4/c28-27(29,30)20-9-11-21(12-10-20)33-16-13-22(23(34)17-33)31-24(35)26(14-5-2-6-15-26)32-25(36)37-18-19-7-3-1-4-8-19/h1,3-4,7-12,22H,2,5-6,13-18H2,(H,31,35)(H,32,36). The number of nitrogens with zero attached hydrogens (tertiary/aromatic N) is 1. The van der Waals surface area contributed by atoms with Gasteiger partial charge in [-0.1, -0.05) is 49.6 Å². The summed E-state index contributed by atoms with van der Waals surface area (Å²) in [5.74, 6) is -0.651. The van der Waals surface area contributed by atoms with Gasteiger partial charge in [0.15, 0.2) is 5.78 Å². The normalized spacial score (nSPS) is 19.7. The summed E-state index contributed by atoms with van der Waals surface area (Å²) >= 11 is 0. The van der Waals surface area contributed by atoms with Gasteiger partial charge in [0.1, 0.15) is 12.1 Å². The number of anilines is 1. The van der Waals surface area contributed by atoms with Crippen molar-refractivity contribution in [2.45, 2.75) is 62.9 Å². The molecule has 0 radical (unpaired) electrons. The van der Waals surface area contributed by atoms with E-state index in [4.69, 9.17) is 4.74 Å². The molecular weight excluding hydrogens is 487 g/mol. The Balaban J connectivity index is 1.35. The third-order valence-corrected chi connectivity index (χ3v) is 6.98. The second-order valence-electron chi connectivity index (χ2n) is 9.58. The first-order chi connectivity index (χ1) is 17.7. The van der Waals surface area contributed by atoms with Crippen LogP contribution in [0.25, 0.3) is 0 Å². The highest BCUT2D eigenvalue weighted by atomic mass is 19.4. The molecule has 0 spiro atoms. The smallest absolute Gasteiger partial charge is 0.416 e. The maximum absolute atomic E-state index is 13.4. The molecule has 1 unspecified atom stereocenters. The lowest BCUT2D eigenvalue weighted by molar-refractivity contribution is -0.137. The van der Waals surface area contributed by atoms with E-state index < -0.39 is 35.3 Å². The number of hydrogen-bond donors (Lipinski definition) is 2. The molecule has 0 bridgehead atoms. The lowest BCUT2D eigenvalue weighted by atomic mass is 9.80. The van der Waals surface area contributed by atoms with Crippen molar-refractivity contribution < 1.29 is 32.3 Å². The van der Waals surface area contributed by atoms with E-state index in [9.17, 15) is 27.6 Å². The third-order valence-electron chi connectivity index (χ3n) is 6.98. The van der Waals surface area contributed by atoms with Crippen LogP contribution in [0.15, 0.2) is 54.6 Å². The quantitative estimate of drug-likeness (QED) is 0.585. The summed E-state index contributed by atoms with van der Waals surface area (Å²) in [6.07, 6.45) is -1.47. The Hall–Kier alpha value is -3.56. The van der Waals surface area contributed by atoms with Crippen molar-refractivity contribution in [2.75, 3.05) is 18.0 Å². The molecule has 4 rings (SSSR count). The number of nitrogens with one attached hydrogen (secondary N) is 2. The SMILES string of the molecule is O=C(NC1(C(=O)NC2CCN(c3ccc(C(F)(F)F)cc3)CC2=O)CCCCC1)OCc1ccccc1. The average Bonchev–Trinajstić information content (AvgIpc) is 2.89. The Morgan fingerprint density at radius 3 is 2.30 bits per heavy atom. The van der Waals surface area contributed by atoms with Gasteiger partial charge in [-0.25, -0.2) is 4.79 Å². The van der Waals surface area contributed by atoms with E-state index in [1.54, 1.807) is 4.90 Å². The molecule has 2 aromatic carbocycles. The summed E-state index contributed by atoms with van der Waals surface area (Å²) in [7, 11) is 0. The molecule has 1 atom stereocenters. The van der Waals surface area contributed by atoms with Crippen LogP contribution in [0.4, 0.5) is 23.7 Å². The van der Waals surface area contributed by atoms with Gasteiger partial charge < -0.3 is 20.3 Å². The number of ketones is 1. The molecule has 1 aliphatic heterocycles. The molecule has 198 valence electrons. The maximum Gasteiger partial charge on any atom is 0.416 e. The van der Waals surface area contributed by atoms with Gasteiger partial charge in [0.05, 0.1) is 18.2 Å². The van der Waals surface area contributed by atoms with Gasteiger partial charge in [-0.05, 0) is 49.1 Å². The van der Waals surface area contributed by atoms with Crippen LogP contribution in [-0.2, 0) is 27.1 Å². The number of carbonyl (C=O) groups excluding carboxylic acids is 3. The van der Waals surface area contributed by atoms with Gasteiger partial charge in [-0.2, -0.15) is 13.2 Å². The van der Waals surface area contributed by atoms with Crippen LogP contribution in [0.5, 0.6) is 0 Å². The Bertz CT molecular complexity index is 1100. The van der Waals surface area contributed by atoms with Crippen molar-refractivity contribution in [3.8, 4) is 0 Å². The molecule has 1 heterocycles. The van der Waals surface area contributed by atoms with Gasteiger partial charge in [0, 0.05) is 12.2 Å². The molecule has 1 saturated heterocycles. The predicted molar refractivity (Wildman–Crippen MR) is 131 cm³/mol. The zero-order chi connectivity index (χ0) is 26.5. The highest BCUT2D eigenvalue weighted by Gasteiger charge is 2.43. The summed E-state index contributed by atoms with van der Waals surface area (Å²) in [5.41, 5.74) is -0.572. The minimum Gasteiger partial charge on any atom is -0.445 e. The number of alkyl halides is 3. The second kappa shape index (κ2) is 11.2. The molecule has 2 fully saturated rings. The van der Waals surface area contributed by atoms with Crippen LogP contribution < -0.4 is 15.5 Å². The number of ether oxygens (including phenoxy) is 1. The van der Waals surface area contributed by atoms with Gasteiger partial charge in [0.2, 0.25) is 5.91 Å². The zero-order valence-corrected chi connectivity index (χ0v) is 20.4. The van der Waals surface area contributed by atoms with Crippen LogP contribution in [0.3, 0.4) is 0 Å². The zero-order valence-electron chi connectivity index (χ0n) is 20.4. The summed E-state index contributed by atoms with van der Waals surface area (Å²) in [5, 5.41) is 5.60. The van der Waals surface area contributed by atoms with E-state index in [0.29, 0.717) is 31.5 Å². The fourth-order valence-electron chi connectivity index (χ4n) is 4.87. The number of Topliss-reactive ketones (excluding diaryl/α,β-unsaturated/α-hetero) is 1. The summed E-state index contributed by atoms with van der Waals surface area (Å²) in [6, 6.07) is 13.1. The fourth-order valence-corrected chi connectivity index (χ4v) is 4.87. The lowest BCUT2D eigenvalue weighted by Gasteiger charge is -2.39. The number of hydrogen-bond acceptors (Lipinski definition) is 5. The van der Waals surface area contributed by atoms with Crippen molar-refractivity contribution in [1.82, 2.24) is 10.6 Å².